The third kappa shape index (κ3) is 4.73. The zero-order chi connectivity index (χ0) is 17.0. The molecule has 1 fully saturated rings. The van der Waals surface area contributed by atoms with E-state index in [2.05, 4.69) is 0 Å². The first-order chi connectivity index (χ1) is 10.9. The summed E-state index contributed by atoms with van der Waals surface area (Å²) in [5.41, 5.74) is 0. The molecule has 2 rings (SSSR count). The Bertz CT molecular complexity index is 595. The first kappa shape index (κ1) is 17.8. The fourth-order valence-corrected chi connectivity index (χ4v) is 2.65. The fraction of sp³-hybridized carbons (Fsp3) is 0.467. The largest absolute Gasteiger partial charge is 0.481 e. The van der Waals surface area contributed by atoms with Gasteiger partial charge in [-0.3, -0.25) is 9.59 Å². The lowest BCUT2D eigenvalue weighted by Gasteiger charge is -2.33. The van der Waals surface area contributed by atoms with Gasteiger partial charge in [-0.05, 0) is 19.1 Å². The van der Waals surface area contributed by atoms with Crippen molar-refractivity contribution >= 4 is 35.1 Å². The molecule has 1 aromatic carbocycles. The van der Waals surface area contributed by atoms with Gasteiger partial charge in [0.1, 0.15) is 10.8 Å². The number of ether oxygens (including phenoxy) is 2. The molecule has 1 amide bonds. The summed E-state index contributed by atoms with van der Waals surface area (Å²) < 4.78 is 10.9. The SMILES string of the molecule is C[C@@H](Oc1cccc(Cl)c1Cl)C(=O)N1CCO[C@@H](CC(=O)O)C1. The molecule has 0 spiro atoms. The van der Waals surface area contributed by atoms with Crippen LogP contribution in [0.1, 0.15) is 13.3 Å². The quantitative estimate of drug-likeness (QED) is 0.871. The van der Waals surface area contributed by atoms with Crippen molar-refractivity contribution in [3.63, 3.8) is 0 Å². The van der Waals surface area contributed by atoms with Crippen LogP contribution < -0.4 is 4.74 Å². The molecule has 1 N–H and O–H groups in total. The van der Waals surface area contributed by atoms with Crippen molar-refractivity contribution in [1.82, 2.24) is 4.90 Å². The van der Waals surface area contributed by atoms with E-state index in [0.717, 1.165) is 0 Å². The van der Waals surface area contributed by atoms with E-state index in [1.54, 1.807) is 30.0 Å². The number of hydrogen-bond donors (Lipinski definition) is 1. The summed E-state index contributed by atoms with van der Waals surface area (Å²) in [6, 6.07) is 4.94. The Morgan fingerprint density at radius 2 is 2.22 bits per heavy atom. The molecule has 1 aliphatic rings. The second-order valence-electron chi connectivity index (χ2n) is 5.19. The van der Waals surface area contributed by atoms with Gasteiger partial charge in [-0.2, -0.15) is 0 Å². The number of benzene rings is 1. The van der Waals surface area contributed by atoms with Crippen LogP contribution >= 0.6 is 23.2 Å². The minimum absolute atomic E-state index is 0.140. The van der Waals surface area contributed by atoms with E-state index in [-0.39, 0.29) is 23.9 Å². The van der Waals surface area contributed by atoms with E-state index in [4.69, 9.17) is 37.8 Å². The lowest BCUT2D eigenvalue weighted by atomic mass is 10.2. The number of aliphatic carboxylic acids is 1. The maximum absolute atomic E-state index is 12.5. The highest BCUT2D eigenvalue weighted by atomic mass is 35.5. The Kier molecular flexibility index (Phi) is 6.10. The lowest BCUT2D eigenvalue weighted by Crippen LogP contribution is -2.50. The molecule has 1 aromatic rings. The number of morpholine rings is 1. The third-order valence-electron chi connectivity index (χ3n) is 3.42. The average molecular weight is 362 g/mol. The van der Waals surface area contributed by atoms with Crippen LogP contribution in [0.2, 0.25) is 10.0 Å². The number of carbonyl (C=O) groups is 2. The number of rotatable bonds is 5. The highest BCUT2D eigenvalue weighted by Crippen LogP contribution is 2.32. The summed E-state index contributed by atoms with van der Waals surface area (Å²) >= 11 is 12.0. The maximum atomic E-state index is 12.5. The van der Waals surface area contributed by atoms with Gasteiger partial charge in [-0.1, -0.05) is 29.3 Å². The van der Waals surface area contributed by atoms with Crippen molar-refractivity contribution in [2.24, 2.45) is 0 Å². The molecule has 1 saturated heterocycles. The molecule has 0 aromatic heterocycles. The normalized spacial score (nSPS) is 19.3. The van der Waals surface area contributed by atoms with E-state index < -0.39 is 18.2 Å². The molecule has 0 bridgehead atoms. The number of carbonyl (C=O) groups excluding carboxylic acids is 1. The van der Waals surface area contributed by atoms with Crippen LogP contribution in [-0.2, 0) is 14.3 Å². The molecule has 6 nitrogen and oxygen atoms in total. The molecule has 0 aliphatic carbocycles. The summed E-state index contributed by atoms with van der Waals surface area (Å²) in [6.07, 6.45) is -1.42. The van der Waals surface area contributed by atoms with Crippen LogP contribution in [0.4, 0.5) is 0 Å². The number of amides is 1. The smallest absolute Gasteiger partial charge is 0.306 e. The Balaban J connectivity index is 1.98. The van der Waals surface area contributed by atoms with E-state index >= 15 is 0 Å². The first-order valence-corrected chi connectivity index (χ1v) is 7.87. The Morgan fingerprint density at radius 1 is 1.48 bits per heavy atom. The molecular weight excluding hydrogens is 345 g/mol. The van der Waals surface area contributed by atoms with Gasteiger partial charge in [0.2, 0.25) is 0 Å². The minimum Gasteiger partial charge on any atom is -0.481 e. The van der Waals surface area contributed by atoms with Crippen molar-refractivity contribution in [2.45, 2.75) is 25.6 Å². The minimum atomic E-state index is -0.959. The van der Waals surface area contributed by atoms with Gasteiger partial charge in [0.05, 0.1) is 24.2 Å². The van der Waals surface area contributed by atoms with Crippen LogP contribution in [0.5, 0.6) is 5.75 Å². The molecular formula is C15H17Cl2NO5. The van der Waals surface area contributed by atoms with Gasteiger partial charge in [-0.15, -0.1) is 0 Å². The molecule has 126 valence electrons. The van der Waals surface area contributed by atoms with Crippen molar-refractivity contribution in [3.05, 3.63) is 28.2 Å². The van der Waals surface area contributed by atoms with Crippen molar-refractivity contribution in [2.75, 3.05) is 19.7 Å². The summed E-state index contributed by atoms with van der Waals surface area (Å²) in [5, 5.41) is 9.41. The van der Waals surface area contributed by atoms with Crippen LogP contribution in [0, 0.1) is 0 Å². The van der Waals surface area contributed by atoms with E-state index in [0.29, 0.717) is 23.9 Å². The van der Waals surface area contributed by atoms with Gasteiger partial charge in [0.25, 0.3) is 5.91 Å². The van der Waals surface area contributed by atoms with Crippen LogP contribution in [-0.4, -0.2) is 53.8 Å². The fourth-order valence-electron chi connectivity index (χ4n) is 2.31. The van der Waals surface area contributed by atoms with E-state index in [1.165, 1.54) is 0 Å². The van der Waals surface area contributed by atoms with Gasteiger partial charge in [0.15, 0.2) is 6.10 Å². The molecule has 0 radical (unpaired) electrons. The third-order valence-corrected chi connectivity index (χ3v) is 4.22. The second-order valence-corrected chi connectivity index (χ2v) is 5.97. The van der Waals surface area contributed by atoms with Crippen LogP contribution in [0.3, 0.4) is 0 Å². The Labute approximate surface area is 143 Å². The summed E-state index contributed by atoms with van der Waals surface area (Å²) in [6.45, 7) is 2.53. The predicted octanol–water partition coefficient (Wildman–Crippen LogP) is 2.46. The Morgan fingerprint density at radius 3 is 2.91 bits per heavy atom. The number of hydrogen-bond acceptors (Lipinski definition) is 4. The summed E-state index contributed by atoms with van der Waals surface area (Å²) in [5.74, 6) is -0.880. The van der Waals surface area contributed by atoms with Crippen LogP contribution in [0.25, 0.3) is 0 Å². The zero-order valence-electron chi connectivity index (χ0n) is 12.5. The van der Waals surface area contributed by atoms with Crippen LogP contribution in [0.15, 0.2) is 18.2 Å². The van der Waals surface area contributed by atoms with Crippen molar-refractivity contribution in [1.29, 1.82) is 0 Å². The van der Waals surface area contributed by atoms with Crippen molar-refractivity contribution < 1.29 is 24.2 Å². The second kappa shape index (κ2) is 7.86. The van der Waals surface area contributed by atoms with Gasteiger partial charge >= 0.3 is 5.97 Å². The first-order valence-electron chi connectivity index (χ1n) is 7.11. The number of carboxylic acids is 1. The average Bonchev–Trinajstić information content (AvgIpc) is 2.50. The monoisotopic (exact) mass is 361 g/mol. The molecule has 2 atom stereocenters. The maximum Gasteiger partial charge on any atom is 0.306 e. The molecule has 1 aliphatic heterocycles. The highest BCUT2D eigenvalue weighted by Gasteiger charge is 2.29. The lowest BCUT2D eigenvalue weighted by molar-refractivity contribution is -0.151. The predicted molar refractivity (Wildman–Crippen MR) is 85.1 cm³/mol. The highest BCUT2D eigenvalue weighted by molar-refractivity contribution is 6.42. The number of halogens is 2. The summed E-state index contributed by atoms with van der Waals surface area (Å²) in [7, 11) is 0. The van der Waals surface area contributed by atoms with Crippen molar-refractivity contribution in [3.8, 4) is 5.75 Å². The van der Waals surface area contributed by atoms with Gasteiger partial charge in [-0.25, -0.2) is 0 Å². The molecule has 0 unspecified atom stereocenters. The zero-order valence-corrected chi connectivity index (χ0v) is 14.0. The Hall–Kier alpha value is -1.50. The standard InChI is InChI=1S/C15H17Cl2NO5/c1-9(23-12-4-2-3-11(16)14(12)17)15(21)18-5-6-22-10(8-18)7-13(19)20/h2-4,9-10H,5-8H2,1H3,(H,19,20)/t9-,10+/m1/s1. The van der Waals surface area contributed by atoms with Gasteiger partial charge in [0, 0.05) is 13.1 Å². The molecule has 1 heterocycles. The number of carboxylic acid groups (broad SMARTS) is 1. The number of nitrogens with zero attached hydrogens (tertiary/aromatic N) is 1. The molecule has 0 saturated carbocycles. The van der Waals surface area contributed by atoms with Gasteiger partial charge < -0.3 is 19.5 Å². The molecule has 23 heavy (non-hydrogen) atoms. The topological polar surface area (TPSA) is 76.1 Å². The van der Waals surface area contributed by atoms with E-state index in [9.17, 15) is 9.59 Å². The molecule has 8 heteroatoms. The summed E-state index contributed by atoms with van der Waals surface area (Å²) in [4.78, 5) is 24.7. The van der Waals surface area contributed by atoms with E-state index in [1.807, 2.05) is 0 Å².